The van der Waals surface area contributed by atoms with E-state index < -0.39 is 6.10 Å². The summed E-state index contributed by atoms with van der Waals surface area (Å²) in [5, 5.41) is 10.2. The van der Waals surface area contributed by atoms with Crippen LogP contribution in [-0.4, -0.2) is 20.8 Å². The van der Waals surface area contributed by atoms with Gasteiger partial charge in [-0.15, -0.1) is 0 Å². The molecule has 0 aliphatic carbocycles. The Hall–Kier alpha value is -1.65. The summed E-state index contributed by atoms with van der Waals surface area (Å²) in [5.41, 5.74) is 3.15. The molecular formula is C16H15BrN2O. The Morgan fingerprint density at radius 2 is 1.85 bits per heavy atom. The molecule has 20 heavy (non-hydrogen) atoms. The Labute approximate surface area is 126 Å². The Balaban J connectivity index is 1.72. The van der Waals surface area contributed by atoms with Gasteiger partial charge in [0, 0.05) is 10.9 Å². The average Bonchev–Trinajstić information content (AvgIpc) is 2.85. The number of benzene rings is 2. The van der Waals surface area contributed by atoms with Gasteiger partial charge in [-0.3, -0.25) is 0 Å². The first kappa shape index (κ1) is 13.3. The van der Waals surface area contributed by atoms with Crippen LogP contribution in [-0.2, 0) is 13.0 Å². The summed E-state index contributed by atoms with van der Waals surface area (Å²) < 4.78 is 3.05. The van der Waals surface area contributed by atoms with Crippen molar-refractivity contribution in [2.24, 2.45) is 0 Å². The molecule has 3 aromatic rings. The molecule has 3 rings (SSSR count). The molecule has 1 heterocycles. The van der Waals surface area contributed by atoms with Crippen LogP contribution in [0, 0.1) is 0 Å². The van der Waals surface area contributed by atoms with Crippen LogP contribution in [0.3, 0.4) is 0 Å². The number of aromatic nitrogens is 2. The topological polar surface area (TPSA) is 38.0 Å². The van der Waals surface area contributed by atoms with Crippen molar-refractivity contribution in [3.63, 3.8) is 0 Å². The number of halogens is 1. The maximum Gasteiger partial charge on any atom is 0.0959 e. The van der Waals surface area contributed by atoms with Crippen molar-refractivity contribution in [1.29, 1.82) is 0 Å². The highest BCUT2D eigenvalue weighted by atomic mass is 79.9. The van der Waals surface area contributed by atoms with Crippen molar-refractivity contribution in [2.45, 2.75) is 19.1 Å². The smallest absolute Gasteiger partial charge is 0.0959 e. The predicted molar refractivity (Wildman–Crippen MR) is 83.6 cm³/mol. The third-order valence-corrected chi connectivity index (χ3v) is 3.85. The number of hydrogen-bond donors (Lipinski definition) is 1. The Bertz CT molecular complexity index is 706. The second kappa shape index (κ2) is 5.77. The largest absolute Gasteiger partial charge is 0.391 e. The monoisotopic (exact) mass is 330 g/mol. The van der Waals surface area contributed by atoms with Crippen LogP contribution in [0.15, 0.2) is 59.3 Å². The number of aliphatic hydroxyl groups is 1. The molecule has 0 saturated carbocycles. The number of para-hydroxylation sites is 2. The summed E-state index contributed by atoms with van der Waals surface area (Å²) in [6.45, 7) is 0.552. The summed E-state index contributed by atoms with van der Waals surface area (Å²) >= 11 is 3.41. The predicted octanol–water partition coefficient (Wildman–Crippen LogP) is 3.40. The lowest BCUT2D eigenvalue weighted by molar-refractivity contribution is 0.155. The van der Waals surface area contributed by atoms with Gasteiger partial charge in [0.1, 0.15) is 0 Å². The van der Waals surface area contributed by atoms with E-state index in [1.165, 1.54) is 0 Å². The highest BCUT2D eigenvalue weighted by Crippen LogP contribution is 2.15. The second-order valence-electron chi connectivity index (χ2n) is 4.87. The van der Waals surface area contributed by atoms with Gasteiger partial charge in [0.05, 0.1) is 30.0 Å². The summed E-state index contributed by atoms with van der Waals surface area (Å²) in [7, 11) is 0. The molecule has 0 aliphatic rings. The third-order valence-electron chi connectivity index (χ3n) is 3.32. The first-order chi connectivity index (χ1) is 9.72. The van der Waals surface area contributed by atoms with Gasteiger partial charge >= 0.3 is 0 Å². The highest BCUT2D eigenvalue weighted by Gasteiger charge is 2.09. The van der Waals surface area contributed by atoms with Crippen LogP contribution in [0.2, 0.25) is 0 Å². The minimum Gasteiger partial charge on any atom is -0.391 e. The molecule has 1 N–H and O–H groups in total. The molecule has 3 nitrogen and oxygen atoms in total. The zero-order chi connectivity index (χ0) is 13.9. The van der Waals surface area contributed by atoms with Gasteiger partial charge in [0.15, 0.2) is 0 Å². The SMILES string of the molecule is OC(Cc1ccc(Br)cc1)Cn1cnc2ccccc21. The quantitative estimate of drug-likeness (QED) is 0.796. The van der Waals surface area contributed by atoms with Crippen molar-refractivity contribution >= 4 is 27.0 Å². The second-order valence-corrected chi connectivity index (χ2v) is 5.79. The number of rotatable bonds is 4. The van der Waals surface area contributed by atoms with Crippen LogP contribution in [0.1, 0.15) is 5.56 Å². The molecule has 0 amide bonds. The number of nitrogens with zero attached hydrogens (tertiary/aromatic N) is 2. The van der Waals surface area contributed by atoms with Gasteiger partial charge in [-0.05, 0) is 29.8 Å². The van der Waals surface area contributed by atoms with E-state index in [0.717, 1.165) is 21.1 Å². The Morgan fingerprint density at radius 1 is 1.10 bits per heavy atom. The maximum atomic E-state index is 10.2. The van der Waals surface area contributed by atoms with E-state index in [9.17, 15) is 5.11 Å². The van der Waals surface area contributed by atoms with Gasteiger partial charge < -0.3 is 9.67 Å². The van der Waals surface area contributed by atoms with E-state index in [1.807, 2.05) is 53.1 Å². The van der Waals surface area contributed by atoms with E-state index >= 15 is 0 Å². The van der Waals surface area contributed by atoms with Crippen LogP contribution in [0.5, 0.6) is 0 Å². The standard InChI is InChI=1S/C16H15BrN2O/c17-13-7-5-12(6-8-13)9-14(20)10-19-11-18-15-3-1-2-4-16(15)19/h1-8,11,14,20H,9-10H2. The summed E-state index contributed by atoms with van der Waals surface area (Å²) in [5.74, 6) is 0. The van der Waals surface area contributed by atoms with E-state index in [1.54, 1.807) is 6.33 Å². The first-order valence-electron chi connectivity index (χ1n) is 6.55. The van der Waals surface area contributed by atoms with Crippen molar-refractivity contribution in [3.8, 4) is 0 Å². The lowest BCUT2D eigenvalue weighted by atomic mass is 10.1. The summed E-state index contributed by atoms with van der Waals surface area (Å²) in [4.78, 5) is 4.34. The molecule has 102 valence electrons. The molecule has 0 spiro atoms. The minimum absolute atomic E-state index is 0.422. The normalized spacial score (nSPS) is 12.7. The zero-order valence-electron chi connectivity index (χ0n) is 10.9. The molecule has 0 radical (unpaired) electrons. The molecule has 0 saturated heterocycles. The summed E-state index contributed by atoms with van der Waals surface area (Å²) in [6, 6.07) is 16.0. The van der Waals surface area contributed by atoms with Gasteiger partial charge in [-0.2, -0.15) is 0 Å². The fraction of sp³-hybridized carbons (Fsp3) is 0.188. The van der Waals surface area contributed by atoms with Crippen LogP contribution in [0.4, 0.5) is 0 Å². The van der Waals surface area contributed by atoms with E-state index in [0.29, 0.717) is 13.0 Å². The van der Waals surface area contributed by atoms with E-state index in [4.69, 9.17) is 0 Å². The molecule has 0 aliphatic heterocycles. The molecule has 1 aromatic heterocycles. The van der Waals surface area contributed by atoms with Crippen molar-refractivity contribution in [3.05, 3.63) is 64.9 Å². The van der Waals surface area contributed by atoms with E-state index in [-0.39, 0.29) is 0 Å². The number of imidazole rings is 1. The van der Waals surface area contributed by atoms with Crippen molar-refractivity contribution in [2.75, 3.05) is 0 Å². The van der Waals surface area contributed by atoms with Gasteiger partial charge in [-0.25, -0.2) is 4.98 Å². The molecule has 0 fully saturated rings. The van der Waals surface area contributed by atoms with Gasteiger partial charge in [-0.1, -0.05) is 40.2 Å². The Kier molecular flexibility index (Phi) is 3.85. The molecular weight excluding hydrogens is 316 g/mol. The molecule has 0 bridgehead atoms. The molecule has 4 heteroatoms. The van der Waals surface area contributed by atoms with Gasteiger partial charge in [0.2, 0.25) is 0 Å². The molecule has 1 unspecified atom stereocenters. The van der Waals surface area contributed by atoms with Crippen molar-refractivity contribution in [1.82, 2.24) is 9.55 Å². The number of hydrogen-bond acceptors (Lipinski definition) is 2. The maximum absolute atomic E-state index is 10.2. The lowest BCUT2D eigenvalue weighted by Crippen LogP contribution is -2.18. The first-order valence-corrected chi connectivity index (χ1v) is 7.34. The fourth-order valence-corrected chi connectivity index (χ4v) is 2.60. The summed E-state index contributed by atoms with van der Waals surface area (Å²) in [6.07, 6.45) is 2.00. The number of fused-ring (bicyclic) bond motifs is 1. The lowest BCUT2D eigenvalue weighted by Gasteiger charge is -2.12. The molecule has 2 aromatic carbocycles. The fourth-order valence-electron chi connectivity index (χ4n) is 2.34. The third kappa shape index (κ3) is 2.92. The van der Waals surface area contributed by atoms with Crippen LogP contribution < -0.4 is 0 Å². The van der Waals surface area contributed by atoms with Crippen molar-refractivity contribution < 1.29 is 5.11 Å². The Morgan fingerprint density at radius 3 is 2.65 bits per heavy atom. The highest BCUT2D eigenvalue weighted by molar-refractivity contribution is 9.10. The van der Waals surface area contributed by atoms with Crippen LogP contribution in [0.25, 0.3) is 11.0 Å². The zero-order valence-corrected chi connectivity index (χ0v) is 12.5. The molecule has 1 atom stereocenters. The average molecular weight is 331 g/mol. The van der Waals surface area contributed by atoms with Gasteiger partial charge in [0.25, 0.3) is 0 Å². The van der Waals surface area contributed by atoms with Crippen LogP contribution >= 0.6 is 15.9 Å². The number of aliphatic hydroxyl groups excluding tert-OH is 1. The minimum atomic E-state index is -0.422. The van der Waals surface area contributed by atoms with E-state index in [2.05, 4.69) is 20.9 Å².